The molecule has 98 valence electrons. The van der Waals surface area contributed by atoms with Gasteiger partial charge in [-0.2, -0.15) is 0 Å². The summed E-state index contributed by atoms with van der Waals surface area (Å²) in [4.78, 5) is 10.6. The van der Waals surface area contributed by atoms with Crippen LogP contribution < -0.4 is 5.43 Å². The van der Waals surface area contributed by atoms with Gasteiger partial charge in [-0.05, 0) is 25.0 Å². The first-order chi connectivity index (χ1) is 8.66. The Morgan fingerprint density at radius 2 is 2.06 bits per heavy atom. The van der Waals surface area contributed by atoms with Gasteiger partial charge in [0.15, 0.2) is 0 Å². The van der Waals surface area contributed by atoms with E-state index >= 15 is 0 Å². The Labute approximate surface area is 114 Å². The van der Waals surface area contributed by atoms with E-state index in [-0.39, 0.29) is 10.6 Å². The molecule has 0 aliphatic carbocycles. The molecule has 1 aliphatic heterocycles. The Kier molecular flexibility index (Phi) is 4.68. The molecule has 0 amide bonds. The van der Waals surface area contributed by atoms with Crippen molar-refractivity contribution in [3.8, 4) is 0 Å². The molecule has 0 radical (unpaired) electrons. The zero-order chi connectivity index (χ0) is 13.0. The Morgan fingerprint density at radius 1 is 1.33 bits per heavy atom. The predicted octanol–water partition coefficient (Wildman–Crippen LogP) is 2.85. The first-order valence-corrected chi connectivity index (χ1v) is 6.87. The van der Waals surface area contributed by atoms with E-state index in [1.807, 2.05) is 0 Å². The summed E-state index contributed by atoms with van der Waals surface area (Å²) in [6.45, 7) is 2.53. The lowest BCUT2D eigenvalue weighted by Crippen LogP contribution is -2.41. The van der Waals surface area contributed by atoms with Gasteiger partial charge < -0.3 is 0 Å². The van der Waals surface area contributed by atoms with Crippen molar-refractivity contribution < 1.29 is 4.92 Å². The summed E-state index contributed by atoms with van der Waals surface area (Å²) >= 11 is 3.35. The van der Waals surface area contributed by atoms with Gasteiger partial charge in [-0.25, -0.2) is 5.01 Å². The molecule has 0 unspecified atom stereocenters. The molecule has 5 nitrogen and oxygen atoms in total. The van der Waals surface area contributed by atoms with Crippen LogP contribution in [0.3, 0.4) is 0 Å². The van der Waals surface area contributed by atoms with E-state index in [4.69, 9.17) is 0 Å². The molecule has 0 spiro atoms. The van der Waals surface area contributed by atoms with Gasteiger partial charge in [-0.3, -0.25) is 15.5 Å². The fraction of sp³-hybridized carbons (Fsp3) is 0.500. The second-order valence-corrected chi connectivity index (χ2v) is 5.33. The molecular formula is C12H16BrN3O2. The zero-order valence-corrected chi connectivity index (χ0v) is 11.6. The van der Waals surface area contributed by atoms with E-state index < -0.39 is 0 Å². The van der Waals surface area contributed by atoms with Crippen LogP contribution in [0.25, 0.3) is 0 Å². The van der Waals surface area contributed by atoms with Crippen LogP contribution in [0.2, 0.25) is 0 Å². The van der Waals surface area contributed by atoms with E-state index in [1.165, 1.54) is 25.3 Å². The van der Waals surface area contributed by atoms with Crippen molar-refractivity contribution in [3.05, 3.63) is 38.3 Å². The van der Waals surface area contributed by atoms with E-state index in [9.17, 15) is 10.1 Å². The molecule has 1 aliphatic rings. The number of hydrogen-bond acceptors (Lipinski definition) is 4. The van der Waals surface area contributed by atoms with Crippen molar-refractivity contribution in [2.45, 2.75) is 25.8 Å². The molecule has 6 heteroatoms. The highest BCUT2D eigenvalue weighted by molar-refractivity contribution is 9.10. The molecule has 1 heterocycles. The maximum atomic E-state index is 10.9. The number of nitro groups is 1. The molecule has 1 saturated heterocycles. The monoisotopic (exact) mass is 313 g/mol. The number of halogens is 1. The predicted molar refractivity (Wildman–Crippen MR) is 73.1 cm³/mol. The summed E-state index contributed by atoms with van der Waals surface area (Å²) in [7, 11) is 0. The largest absolute Gasteiger partial charge is 0.274 e. The minimum absolute atomic E-state index is 0.169. The molecule has 18 heavy (non-hydrogen) atoms. The van der Waals surface area contributed by atoms with E-state index in [0.717, 1.165) is 17.6 Å². The molecule has 0 bridgehead atoms. The fourth-order valence-corrected chi connectivity index (χ4v) is 2.53. The SMILES string of the molecule is O=[N+]([O-])c1ccc(Br)cc1CNN1CCCCC1. The minimum atomic E-state index is -0.334. The van der Waals surface area contributed by atoms with Gasteiger partial charge in [0, 0.05) is 35.7 Å². The molecule has 2 rings (SSSR count). The topological polar surface area (TPSA) is 58.4 Å². The second-order valence-electron chi connectivity index (χ2n) is 4.41. The van der Waals surface area contributed by atoms with Crippen LogP contribution in [0.5, 0.6) is 0 Å². The third-order valence-corrected chi connectivity index (χ3v) is 3.58. The number of rotatable bonds is 4. The van der Waals surface area contributed by atoms with Crippen molar-refractivity contribution in [1.82, 2.24) is 10.4 Å². The van der Waals surface area contributed by atoms with Gasteiger partial charge in [0.05, 0.1) is 4.92 Å². The first kappa shape index (κ1) is 13.5. The molecule has 1 fully saturated rings. The summed E-state index contributed by atoms with van der Waals surface area (Å²) in [5.41, 5.74) is 4.15. The standard InChI is InChI=1S/C12H16BrN3O2/c13-11-4-5-12(16(17)18)10(8-11)9-14-15-6-2-1-3-7-15/h4-5,8,14H,1-3,6-7,9H2. The molecule has 0 atom stereocenters. The van der Waals surface area contributed by atoms with E-state index in [2.05, 4.69) is 26.4 Å². The van der Waals surface area contributed by atoms with Gasteiger partial charge in [-0.1, -0.05) is 22.4 Å². The fourth-order valence-electron chi connectivity index (χ4n) is 2.12. The third kappa shape index (κ3) is 3.51. The van der Waals surface area contributed by atoms with Gasteiger partial charge in [-0.15, -0.1) is 0 Å². The molecular weight excluding hydrogens is 298 g/mol. The summed E-state index contributed by atoms with van der Waals surface area (Å²) in [5.74, 6) is 0. The molecule has 0 saturated carbocycles. The molecule has 1 aromatic carbocycles. The Bertz CT molecular complexity index is 433. The van der Waals surface area contributed by atoms with Crippen molar-refractivity contribution in [2.24, 2.45) is 0 Å². The van der Waals surface area contributed by atoms with Crippen molar-refractivity contribution in [3.63, 3.8) is 0 Å². The third-order valence-electron chi connectivity index (χ3n) is 3.09. The van der Waals surface area contributed by atoms with Crippen molar-refractivity contribution >= 4 is 21.6 Å². The number of nitrogens with one attached hydrogen (secondary N) is 1. The number of nitrogens with zero attached hydrogens (tertiary/aromatic N) is 2. The number of hydrogen-bond donors (Lipinski definition) is 1. The van der Waals surface area contributed by atoms with Crippen LogP contribution in [-0.2, 0) is 6.54 Å². The summed E-state index contributed by atoms with van der Waals surface area (Å²) in [6.07, 6.45) is 3.65. The van der Waals surface area contributed by atoms with Crippen LogP contribution in [0, 0.1) is 10.1 Å². The van der Waals surface area contributed by atoms with Crippen LogP contribution in [-0.4, -0.2) is 23.0 Å². The number of piperidine rings is 1. The summed E-state index contributed by atoms with van der Waals surface area (Å²) in [5, 5.41) is 13.1. The highest BCUT2D eigenvalue weighted by Crippen LogP contribution is 2.23. The Balaban J connectivity index is 2.03. The molecule has 1 aromatic rings. The normalized spacial score (nSPS) is 16.7. The lowest BCUT2D eigenvalue weighted by atomic mass is 10.1. The van der Waals surface area contributed by atoms with Gasteiger partial charge in [0.25, 0.3) is 5.69 Å². The smallest absolute Gasteiger partial charge is 0.258 e. The van der Waals surface area contributed by atoms with E-state index in [0.29, 0.717) is 12.1 Å². The van der Waals surface area contributed by atoms with Crippen LogP contribution in [0.1, 0.15) is 24.8 Å². The quantitative estimate of drug-likeness (QED) is 0.686. The van der Waals surface area contributed by atoms with Crippen molar-refractivity contribution in [2.75, 3.05) is 13.1 Å². The average molecular weight is 314 g/mol. The second kappa shape index (κ2) is 6.26. The minimum Gasteiger partial charge on any atom is -0.258 e. The van der Waals surface area contributed by atoms with Gasteiger partial charge in [0.2, 0.25) is 0 Å². The molecule has 0 aromatic heterocycles. The summed E-state index contributed by atoms with van der Waals surface area (Å²) < 4.78 is 0.864. The van der Waals surface area contributed by atoms with Gasteiger partial charge >= 0.3 is 0 Å². The van der Waals surface area contributed by atoms with Crippen LogP contribution in [0.15, 0.2) is 22.7 Å². The number of hydrazine groups is 1. The van der Waals surface area contributed by atoms with Crippen LogP contribution in [0.4, 0.5) is 5.69 Å². The Morgan fingerprint density at radius 3 is 2.72 bits per heavy atom. The van der Waals surface area contributed by atoms with Crippen molar-refractivity contribution in [1.29, 1.82) is 0 Å². The maximum Gasteiger partial charge on any atom is 0.274 e. The highest BCUT2D eigenvalue weighted by Gasteiger charge is 2.15. The Hall–Kier alpha value is -0.980. The van der Waals surface area contributed by atoms with Gasteiger partial charge in [0.1, 0.15) is 0 Å². The number of benzene rings is 1. The molecule has 1 N–H and O–H groups in total. The lowest BCUT2D eigenvalue weighted by Gasteiger charge is -2.27. The maximum absolute atomic E-state index is 10.9. The lowest BCUT2D eigenvalue weighted by molar-refractivity contribution is -0.385. The zero-order valence-electron chi connectivity index (χ0n) is 10.1. The first-order valence-electron chi connectivity index (χ1n) is 6.08. The highest BCUT2D eigenvalue weighted by atomic mass is 79.9. The summed E-state index contributed by atoms with van der Waals surface area (Å²) in [6, 6.07) is 5.04. The number of nitro benzene ring substituents is 1. The average Bonchev–Trinajstić information content (AvgIpc) is 2.37. The van der Waals surface area contributed by atoms with E-state index in [1.54, 1.807) is 12.1 Å². The van der Waals surface area contributed by atoms with Crippen LogP contribution >= 0.6 is 15.9 Å².